The monoisotopic (exact) mass is 471 g/mol. The second-order valence-electron chi connectivity index (χ2n) is 9.19. The largest absolute Gasteiger partial charge is 0.481 e. The number of aliphatic carboxylic acids is 1. The summed E-state index contributed by atoms with van der Waals surface area (Å²) in [4.78, 5) is 29.6. The number of imidazole rings is 1. The molecule has 2 N–H and O–H groups in total. The number of rotatable bonds is 10. The minimum Gasteiger partial charge on any atom is -0.481 e. The van der Waals surface area contributed by atoms with E-state index in [-0.39, 0.29) is 5.91 Å². The number of carboxylic acid groups (broad SMARTS) is 1. The predicted molar refractivity (Wildman–Crippen MR) is 139 cm³/mol. The highest BCUT2D eigenvalue weighted by molar-refractivity contribution is 5.93. The first-order valence-electron chi connectivity index (χ1n) is 12.4. The molecule has 0 fully saturated rings. The molecular formula is C29H33N3O3. The highest BCUT2D eigenvalue weighted by Crippen LogP contribution is 2.40. The summed E-state index contributed by atoms with van der Waals surface area (Å²) in [7, 11) is 0. The summed E-state index contributed by atoms with van der Waals surface area (Å²) in [6.45, 7) is 4.55. The van der Waals surface area contributed by atoms with Gasteiger partial charge in [-0.1, -0.05) is 74.9 Å². The number of amides is 1. The van der Waals surface area contributed by atoms with E-state index in [2.05, 4.69) is 16.8 Å². The van der Waals surface area contributed by atoms with E-state index in [1.807, 2.05) is 73.7 Å². The van der Waals surface area contributed by atoms with Crippen LogP contribution in [0.15, 0.2) is 72.8 Å². The third kappa shape index (κ3) is 5.06. The molecule has 1 aliphatic carbocycles. The molecule has 0 saturated heterocycles. The van der Waals surface area contributed by atoms with Gasteiger partial charge in [-0.15, -0.1) is 0 Å². The van der Waals surface area contributed by atoms with Crippen LogP contribution >= 0.6 is 0 Å². The lowest BCUT2D eigenvalue weighted by Gasteiger charge is -2.38. The van der Waals surface area contributed by atoms with Gasteiger partial charge in [-0.05, 0) is 36.6 Å². The minimum absolute atomic E-state index is 0.0174. The van der Waals surface area contributed by atoms with Gasteiger partial charge in [0.1, 0.15) is 5.82 Å². The van der Waals surface area contributed by atoms with Crippen molar-refractivity contribution < 1.29 is 14.7 Å². The Morgan fingerprint density at radius 2 is 1.89 bits per heavy atom. The zero-order chi connectivity index (χ0) is 24.8. The van der Waals surface area contributed by atoms with Gasteiger partial charge in [0.15, 0.2) is 0 Å². The van der Waals surface area contributed by atoms with Crippen molar-refractivity contribution in [2.24, 2.45) is 5.92 Å². The lowest BCUT2D eigenvalue weighted by atomic mass is 9.68. The highest BCUT2D eigenvalue weighted by atomic mass is 16.4. The van der Waals surface area contributed by atoms with Crippen LogP contribution in [-0.4, -0.2) is 26.5 Å². The molecule has 1 heterocycles. The second-order valence-corrected chi connectivity index (χ2v) is 9.19. The zero-order valence-corrected chi connectivity index (χ0v) is 20.4. The van der Waals surface area contributed by atoms with Gasteiger partial charge in [0.25, 0.3) is 0 Å². The molecule has 1 amide bonds. The molecule has 0 saturated carbocycles. The molecule has 0 radical (unpaired) electrons. The van der Waals surface area contributed by atoms with Crippen LogP contribution in [0.5, 0.6) is 0 Å². The van der Waals surface area contributed by atoms with Crippen molar-refractivity contribution in [3.05, 3.63) is 84.2 Å². The van der Waals surface area contributed by atoms with E-state index in [0.29, 0.717) is 13.0 Å². The Balaban J connectivity index is 1.86. The maximum absolute atomic E-state index is 12.5. The van der Waals surface area contributed by atoms with E-state index in [9.17, 15) is 14.7 Å². The normalized spacial score (nSPS) is 19.2. The molecule has 6 nitrogen and oxygen atoms in total. The fraction of sp³-hybridized carbons (Fsp3) is 0.345. The van der Waals surface area contributed by atoms with E-state index in [0.717, 1.165) is 53.8 Å². The zero-order valence-electron chi connectivity index (χ0n) is 20.4. The first-order chi connectivity index (χ1) is 17.0. The van der Waals surface area contributed by atoms with Crippen LogP contribution in [0.25, 0.3) is 11.0 Å². The van der Waals surface area contributed by atoms with Crippen molar-refractivity contribution in [1.82, 2.24) is 9.55 Å². The summed E-state index contributed by atoms with van der Waals surface area (Å²) in [6, 6.07) is 15.6. The molecule has 2 unspecified atom stereocenters. The average molecular weight is 472 g/mol. The van der Waals surface area contributed by atoms with Gasteiger partial charge >= 0.3 is 5.97 Å². The van der Waals surface area contributed by atoms with Gasteiger partial charge < -0.3 is 15.0 Å². The Kier molecular flexibility index (Phi) is 7.49. The number of anilines is 1. The van der Waals surface area contributed by atoms with Crippen molar-refractivity contribution in [3.8, 4) is 0 Å². The Morgan fingerprint density at radius 3 is 2.60 bits per heavy atom. The average Bonchev–Trinajstić information content (AvgIpc) is 3.19. The fourth-order valence-electron chi connectivity index (χ4n) is 4.91. The number of nitrogens with zero attached hydrogens (tertiary/aromatic N) is 2. The number of carboxylic acids is 1. The number of unbranched alkanes of at least 4 members (excludes halogenated alkanes) is 1. The smallest absolute Gasteiger partial charge is 0.311 e. The molecular weight excluding hydrogens is 438 g/mol. The topological polar surface area (TPSA) is 84.2 Å². The molecule has 2 atom stereocenters. The Labute approximate surface area is 206 Å². The van der Waals surface area contributed by atoms with Crippen molar-refractivity contribution in [1.29, 1.82) is 0 Å². The van der Waals surface area contributed by atoms with Crippen LogP contribution in [0.3, 0.4) is 0 Å². The van der Waals surface area contributed by atoms with Crippen LogP contribution in [0.4, 0.5) is 5.69 Å². The van der Waals surface area contributed by atoms with Crippen molar-refractivity contribution >= 4 is 28.6 Å². The van der Waals surface area contributed by atoms with E-state index < -0.39 is 17.3 Å². The molecule has 1 aliphatic rings. The molecule has 2 aromatic carbocycles. The number of benzene rings is 2. The number of fused-ring (bicyclic) bond motifs is 1. The molecule has 1 aromatic heterocycles. The number of hydrogen-bond acceptors (Lipinski definition) is 3. The van der Waals surface area contributed by atoms with E-state index in [1.165, 1.54) is 0 Å². The number of aryl methyl sites for hydroxylation is 1. The number of hydrogen-bond donors (Lipinski definition) is 2. The summed E-state index contributed by atoms with van der Waals surface area (Å²) in [5.74, 6) is -0.669. The Bertz CT molecular complexity index is 1260. The third-order valence-corrected chi connectivity index (χ3v) is 6.70. The molecule has 3 aromatic rings. The van der Waals surface area contributed by atoms with Gasteiger partial charge in [0.2, 0.25) is 5.91 Å². The van der Waals surface area contributed by atoms with Gasteiger partial charge in [-0.3, -0.25) is 9.59 Å². The molecule has 0 aliphatic heterocycles. The Morgan fingerprint density at radius 1 is 1.09 bits per heavy atom. The quantitative estimate of drug-likeness (QED) is 0.387. The maximum atomic E-state index is 12.5. The number of carbonyl (C=O) groups excluding carboxylic acids is 1. The maximum Gasteiger partial charge on any atom is 0.311 e. The molecule has 6 heteroatoms. The molecule has 182 valence electrons. The molecule has 4 rings (SSSR count). The second kappa shape index (κ2) is 10.7. The number of carbonyl (C=O) groups is 2. The van der Waals surface area contributed by atoms with E-state index in [4.69, 9.17) is 4.98 Å². The van der Waals surface area contributed by atoms with Crippen molar-refractivity contribution in [3.63, 3.8) is 0 Å². The lowest BCUT2D eigenvalue weighted by molar-refractivity contribution is -0.142. The first kappa shape index (κ1) is 24.5. The predicted octanol–water partition coefficient (Wildman–Crippen LogP) is 5.88. The summed E-state index contributed by atoms with van der Waals surface area (Å²) in [5, 5.41) is 13.2. The van der Waals surface area contributed by atoms with Gasteiger partial charge in [0, 0.05) is 30.5 Å². The summed E-state index contributed by atoms with van der Waals surface area (Å²) in [6.07, 6.45) is 11.6. The van der Waals surface area contributed by atoms with Gasteiger partial charge in [-0.25, -0.2) is 4.98 Å². The van der Waals surface area contributed by atoms with Crippen molar-refractivity contribution in [2.45, 2.75) is 57.9 Å². The van der Waals surface area contributed by atoms with Crippen LogP contribution in [0.1, 0.15) is 50.9 Å². The molecule has 35 heavy (non-hydrogen) atoms. The van der Waals surface area contributed by atoms with E-state index in [1.54, 1.807) is 6.08 Å². The Hall–Kier alpha value is -3.67. The summed E-state index contributed by atoms with van der Waals surface area (Å²) >= 11 is 0. The fourth-order valence-corrected chi connectivity index (χ4v) is 4.91. The van der Waals surface area contributed by atoms with Gasteiger partial charge in [0.05, 0.1) is 17.0 Å². The summed E-state index contributed by atoms with van der Waals surface area (Å²) in [5.41, 5.74) is 2.63. The van der Waals surface area contributed by atoms with Crippen LogP contribution in [-0.2, 0) is 28.0 Å². The number of nitrogens with one attached hydrogen (secondary N) is 1. The van der Waals surface area contributed by atoms with Crippen molar-refractivity contribution in [2.75, 3.05) is 5.32 Å². The SMILES string of the molecule is CCCCc1nc2ccc(NC(=O)CCC)cc2n1CC1(c2ccccc2)C=CC=CC1C(=O)O. The lowest BCUT2D eigenvalue weighted by Crippen LogP contribution is -2.42. The van der Waals surface area contributed by atoms with E-state index >= 15 is 0 Å². The highest BCUT2D eigenvalue weighted by Gasteiger charge is 2.43. The first-order valence-corrected chi connectivity index (χ1v) is 12.4. The molecule has 0 spiro atoms. The van der Waals surface area contributed by atoms with Gasteiger partial charge in [-0.2, -0.15) is 0 Å². The van der Waals surface area contributed by atoms with Crippen LogP contribution < -0.4 is 5.32 Å². The van der Waals surface area contributed by atoms with Crippen LogP contribution in [0.2, 0.25) is 0 Å². The third-order valence-electron chi connectivity index (χ3n) is 6.70. The van der Waals surface area contributed by atoms with Crippen LogP contribution in [0, 0.1) is 5.92 Å². The minimum atomic E-state index is -0.860. The number of aromatic nitrogens is 2. The number of allylic oxidation sites excluding steroid dienone is 3. The standard InChI is InChI=1S/C29H33N3O3/c1-3-5-15-26-31-24-17-16-22(30-27(33)11-4-2)19-25(24)32(26)20-29(21-12-7-6-8-13-21)18-10-9-14-23(29)28(34)35/h6-10,12-14,16-19,23H,3-5,11,15,20H2,1-2H3,(H,30,33)(H,34,35). The molecule has 0 bridgehead atoms. The summed E-state index contributed by atoms with van der Waals surface area (Å²) < 4.78 is 2.16.